The zero-order chi connectivity index (χ0) is 20.7. The fraction of sp³-hybridized carbons (Fsp3) is 0.261. The summed E-state index contributed by atoms with van der Waals surface area (Å²) in [5.41, 5.74) is 5.00. The lowest BCUT2D eigenvalue weighted by Crippen LogP contribution is -2.12. The van der Waals surface area contributed by atoms with Crippen LogP contribution in [0.15, 0.2) is 48.6 Å². The Kier molecular flexibility index (Phi) is 7.35. The number of aryl methyl sites for hydroxylation is 3. The van der Waals surface area contributed by atoms with Crippen LogP contribution in [0.4, 0.5) is 0 Å². The quantitative estimate of drug-likeness (QED) is 0.469. The molecule has 0 fully saturated rings. The molecule has 0 saturated heterocycles. The minimum Gasteiger partial charge on any atom is -0.382 e. The largest absolute Gasteiger partial charge is 0.382 e. The topological polar surface area (TPSA) is 60.4 Å². The number of rotatable bonds is 8. The van der Waals surface area contributed by atoms with Crippen LogP contribution in [0.3, 0.4) is 0 Å². The van der Waals surface area contributed by atoms with Crippen LogP contribution in [0.1, 0.15) is 41.7 Å². The lowest BCUT2D eigenvalue weighted by molar-refractivity contribution is -0.110. The highest BCUT2D eigenvalue weighted by Crippen LogP contribution is 2.21. The molecule has 0 aliphatic heterocycles. The maximum Gasteiger partial charge on any atom is 0.308 e. The Morgan fingerprint density at radius 2 is 1.50 bits per heavy atom. The minimum absolute atomic E-state index is 0.0877. The van der Waals surface area contributed by atoms with E-state index >= 15 is 0 Å². The van der Waals surface area contributed by atoms with Crippen LogP contribution >= 0.6 is 0 Å². The van der Waals surface area contributed by atoms with Crippen molar-refractivity contribution in [2.24, 2.45) is 0 Å². The second kappa shape index (κ2) is 9.51. The second-order valence-corrected chi connectivity index (χ2v) is 8.42. The zero-order valence-corrected chi connectivity index (χ0v) is 17.5. The highest BCUT2D eigenvalue weighted by molar-refractivity contribution is 7.87. The van der Waals surface area contributed by atoms with Crippen LogP contribution in [0.25, 0.3) is 12.2 Å². The van der Waals surface area contributed by atoms with Crippen molar-refractivity contribution in [3.05, 3.63) is 76.4 Å². The van der Waals surface area contributed by atoms with E-state index in [4.69, 9.17) is 4.18 Å². The van der Waals surface area contributed by atoms with E-state index in [0.29, 0.717) is 11.3 Å². The summed E-state index contributed by atoms with van der Waals surface area (Å²) in [6.07, 6.45) is 7.52. The SMILES string of the molecule is CCc1ccc(/C=C/C(=O)/C=C/c2ccc(OS(=O)(=O)CC)c(C)c2)cc1C. The predicted octanol–water partition coefficient (Wildman–Crippen LogP) is 4.89. The Hall–Kier alpha value is -2.66. The van der Waals surface area contributed by atoms with E-state index in [2.05, 4.69) is 26.0 Å². The average molecular weight is 399 g/mol. The van der Waals surface area contributed by atoms with Crippen molar-refractivity contribution in [2.45, 2.75) is 34.1 Å². The van der Waals surface area contributed by atoms with Gasteiger partial charge in [0.15, 0.2) is 5.78 Å². The number of benzene rings is 2. The molecule has 4 nitrogen and oxygen atoms in total. The molecule has 0 bridgehead atoms. The van der Waals surface area contributed by atoms with Crippen LogP contribution in [-0.4, -0.2) is 20.0 Å². The van der Waals surface area contributed by atoms with Gasteiger partial charge in [0.05, 0.1) is 5.75 Å². The minimum atomic E-state index is -3.56. The van der Waals surface area contributed by atoms with E-state index in [0.717, 1.165) is 17.5 Å². The molecule has 0 atom stereocenters. The van der Waals surface area contributed by atoms with Crippen molar-refractivity contribution < 1.29 is 17.4 Å². The van der Waals surface area contributed by atoms with Crippen molar-refractivity contribution in [1.82, 2.24) is 0 Å². The van der Waals surface area contributed by atoms with E-state index in [1.54, 1.807) is 37.3 Å². The van der Waals surface area contributed by atoms with Crippen LogP contribution in [-0.2, 0) is 21.3 Å². The smallest absolute Gasteiger partial charge is 0.308 e. The van der Waals surface area contributed by atoms with Gasteiger partial charge in [-0.1, -0.05) is 43.3 Å². The van der Waals surface area contributed by atoms with Gasteiger partial charge in [-0.15, -0.1) is 0 Å². The first-order chi connectivity index (χ1) is 13.2. The maximum atomic E-state index is 12.1. The highest BCUT2D eigenvalue weighted by atomic mass is 32.2. The molecule has 0 N–H and O–H groups in total. The lowest BCUT2D eigenvalue weighted by Gasteiger charge is -2.08. The number of carbonyl (C=O) groups is 1. The number of hydrogen-bond donors (Lipinski definition) is 0. The number of allylic oxidation sites excluding steroid dienone is 2. The summed E-state index contributed by atoms with van der Waals surface area (Å²) in [5.74, 6) is 0.0928. The van der Waals surface area contributed by atoms with Crippen molar-refractivity contribution in [2.75, 3.05) is 5.75 Å². The highest BCUT2D eigenvalue weighted by Gasteiger charge is 2.11. The summed E-state index contributed by atoms with van der Waals surface area (Å²) in [5, 5.41) is 0. The van der Waals surface area contributed by atoms with E-state index in [1.165, 1.54) is 30.2 Å². The predicted molar refractivity (Wildman–Crippen MR) is 115 cm³/mol. The van der Waals surface area contributed by atoms with Gasteiger partial charge in [-0.25, -0.2) is 0 Å². The van der Waals surface area contributed by atoms with Gasteiger partial charge in [-0.3, -0.25) is 4.79 Å². The van der Waals surface area contributed by atoms with E-state index in [1.807, 2.05) is 6.07 Å². The summed E-state index contributed by atoms with van der Waals surface area (Å²) < 4.78 is 28.2. The summed E-state index contributed by atoms with van der Waals surface area (Å²) >= 11 is 0. The third kappa shape index (κ3) is 6.20. The van der Waals surface area contributed by atoms with Gasteiger partial charge in [0, 0.05) is 0 Å². The first kappa shape index (κ1) is 21.6. The van der Waals surface area contributed by atoms with Crippen LogP contribution in [0.2, 0.25) is 0 Å². The molecule has 0 aliphatic rings. The van der Waals surface area contributed by atoms with Crippen molar-refractivity contribution in [3.8, 4) is 5.75 Å². The van der Waals surface area contributed by atoms with Crippen LogP contribution < -0.4 is 4.18 Å². The zero-order valence-electron chi connectivity index (χ0n) is 16.7. The fourth-order valence-electron chi connectivity index (χ4n) is 2.70. The Bertz CT molecular complexity index is 1010. The first-order valence-electron chi connectivity index (χ1n) is 9.26. The maximum absolute atomic E-state index is 12.1. The Balaban J connectivity index is 2.05. The summed E-state index contributed by atoms with van der Waals surface area (Å²) in [6.45, 7) is 7.48. The van der Waals surface area contributed by atoms with Gasteiger partial charge in [-0.2, -0.15) is 8.42 Å². The van der Waals surface area contributed by atoms with Gasteiger partial charge in [-0.05, 0) is 79.3 Å². The molecule has 0 aliphatic carbocycles. The molecule has 0 saturated carbocycles. The monoisotopic (exact) mass is 398 g/mol. The molecule has 0 unspecified atom stereocenters. The van der Waals surface area contributed by atoms with Crippen molar-refractivity contribution in [3.63, 3.8) is 0 Å². The van der Waals surface area contributed by atoms with Gasteiger partial charge >= 0.3 is 10.1 Å². The lowest BCUT2D eigenvalue weighted by atomic mass is 10.0. The van der Waals surface area contributed by atoms with E-state index in [9.17, 15) is 13.2 Å². The molecule has 148 valence electrons. The fourth-order valence-corrected chi connectivity index (χ4v) is 3.28. The summed E-state index contributed by atoms with van der Waals surface area (Å²) in [4.78, 5) is 12.1. The number of carbonyl (C=O) groups excluding carboxylic acids is 1. The first-order valence-corrected chi connectivity index (χ1v) is 10.8. The molecule has 28 heavy (non-hydrogen) atoms. The molecule has 0 spiro atoms. The molecule has 5 heteroatoms. The normalized spacial score (nSPS) is 12.0. The van der Waals surface area contributed by atoms with Gasteiger partial charge in [0.2, 0.25) is 0 Å². The van der Waals surface area contributed by atoms with Gasteiger partial charge in [0.25, 0.3) is 0 Å². The molecular formula is C23H26O4S. The Morgan fingerprint density at radius 3 is 2.00 bits per heavy atom. The molecule has 0 heterocycles. The second-order valence-electron chi connectivity index (χ2n) is 6.56. The van der Waals surface area contributed by atoms with E-state index in [-0.39, 0.29) is 11.5 Å². The third-order valence-electron chi connectivity index (χ3n) is 4.40. The summed E-state index contributed by atoms with van der Waals surface area (Å²) in [7, 11) is -3.56. The Morgan fingerprint density at radius 1 is 0.929 bits per heavy atom. The van der Waals surface area contributed by atoms with Crippen LogP contribution in [0.5, 0.6) is 5.75 Å². The summed E-state index contributed by atoms with van der Waals surface area (Å²) in [6, 6.07) is 11.3. The Labute approximate surface area is 167 Å². The molecule has 0 radical (unpaired) electrons. The van der Waals surface area contributed by atoms with Crippen LogP contribution in [0, 0.1) is 13.8 Å². The van der Waals surface area contributed by atoms with Gasteiger partial charge < -0.3 is 4.18 Å². The standard InChI is InChI=1S/C23H26O4S/c1-5-21-11-7-19(15-17(21)3)8-12-22(24)13-9-20-10-14-23(18(4)16-20)27-28(25,26)6-2/h7-16H,5-6H2,1-4H3/b12-8+,13-9+. The number of hydrogen-bond acceptors (Lipinski definition) is 4. The molecule has 2 aromatic carbocycles. The molecule has 2 aromatic rings. The average Bonchev–Trinajstić information content (AvgIpc) is 2.66. The molecule has 0 aromatic heterocycles. The van der Waals surface area contributed by atoms with Crippen molar-refractivity contribution in [1.29, 1.82) is 0 Å². The van der Waals surface area contributed by atoms with Gasteiger partial charge in [0.1, 0.15) is 5.75 Å². The third-order valence-corrected chi connectivity index (χ3v) is 5.54. The van der Waals surface area contributed by atoms with E-state index < -0.39 is 10.1 Å². The molecular weight excluding hydrogens is 372 g/mol. The number of ketones is 1. The molecule has 2 rings (SSSR count). The molecule has 0 amide bonds. The van der Waals surface area contributed by atoms with Crippen molar-refractivity contribution >= 4 is 28.1 Å².